The number of benzene rings is 3. The van der Waals surface area contributed by atoms with Crippen LogP contribution >= 0.6 is 27.5 Å². The lowest BCUT2D eigenvalue weighted by Crippen LogP contribution is -2.02. The number of anilines is 1. The van der Waals surface area contributed by atoms with Gasteiger partial charge < -0.3 is 9.30 Å². The van der Waals surface area contributed by atoms with Crippen molar-refractivity contribution in [2.75, 3.05) is 5.43 Å². The number of nitrogens with one attached hydrogen (secondary N) is 1. The van der Waals surface area contributed by atoms with Crippen LogP contribution in [0.5, 0.6) is 5.75 Å². The Hall–Kier alpha value is -3.49. The molecule has 0 bridgehead atoms. The molecule has 0 aliphatic rings. The fourth-order valence-corrected chi connectivity index (χ4v) is 4.10. The molecular weight excluding hydrogens is 504 g/mol. The van der Waals surface area contributed by atoms with Crippen LogP contribution in [-0.4, -0.2) is 26.0 Å². The normalized spacial score (nSPS) is 11.5. The van der Waals surface area contributed by atoms with E-state index in [1.165, 1.54) is 0 Å². The third-order valence-electron chi connectivity index (χ3n) is 5.19. The number of fused-ring (bicyclic) bond motifs is 3. The van der Waals surface area contributed by atoms with Gasteiger partial charge in [0, 0.05) is 33.1 Å². The third-order valence-corrected chi connectivity index (χ3v) is 6.05. The van der Waals surface area contributed by atoms with E-state index in [0.29, 0.717) is 23.3 Å². The summed E-state index contributed by atoms with van der Waals surface area (Å²) in [5.74, 6) is 0.977. The summed E-state index contributed by atoms with van der Waals surface area (Å²) in [6, 6.07) is 21.3. The number of aryl methyl sites for hydroxylation is 1. The Bertz CT molecular complexity index is 1500. The molecule has 5 rings (SSSR count). The van der Waals surface area contributed by atoms with E-state index in [2.05, 4.69) is 41.6 Å². The molecule has 0 fully saturated rings. The molecule has 0 atom stereocenters. The van der Waals surface area contributed by atoms with Gasteiger partial charge in [-0.2, -0.15) is 10.1 Å². The maximum Gasteiger partial charge on any atom is 0.265 e. The van der Waals surface area contributed by atoms with Gasteiger partial charge in [0.2, 0.25) is 0 Å². The first-order valence-corrected chi connectivity index (χ1v) is 11.3. The van der Waals surface area contributed by atoms with Gasteiger partial charge in [0.1, 0.15) is 17.9 Å². The lowest BCUT2D eigenvalue weighted by Gasteiger charge is -2.10. The van der Waals surface area contributed by atoms with Crippen LogP contribution in [0.2, 0.25) is 5.02 Å². The van der Waals surface area contributed by atoms with Gasteiger partial charge in [-0.3, -0.25) is 0 Å². The molecule has 9 heteroatoms. The monoisotopic (exact) mass is 520 g/mol. The summed E-state index contributed by atoms with van der Waals surface area (Å²) in [5, 5.41) is 14.5. The summed E-state index contributed by atoms with van der Waals surface area (Å²) in [5.41, 5.74) is 7.09. The van der Waals surface area contributed by atoms with Crippen molar-refractivity contribution in [3.05, 3.63) is 87.4 Å². The highest BCUT2D eigenvalue weighted by molar-refractivity contribution is 9.10. The highest BCUT2D eigenvalue weighted by Gasteiger charge is 2.12. The lowest BCUT2D eigenvalue weighted by molar-refractivity contribution is 0.306. The topological polar surface area (TPSA) is 77.2 Å². The Labute approximate surface area is 203 Å². The number of hydrogen-bond acceptors (Lipinski definition) is 6. The molecule has 164 valence electrons. The van der Waals surface area contributed by atoms with Crippen molar-refractivity contribution in [1.29, 1.82) is 0 Å². The molecule has 0 aliphatic carbocycles. The second-order valence-electron chi connectivity index (χ2n) is 7.32. The molecule has 0 saturated carbocycles. The SMILES string of the molecule is Cn1c2ccccc2c2nnc(N/N=C/c3cc(Br)ccc3OCc3ccccc3Cl)nc21. The largest absolute Gasteiger partial charge is 0.488 e. The smallest absolute Gasteiger partial charge is 0.265 e. The zero-order chi connectivity index (χ0) is 22.8. The second-order valence-corrected chi connectivity index (χ2v) is 8.64. The number of nitrogens with zero attached hydrogens (tertiary/aromatic N) is 5. The number of para-hydroxylation sites is 1. The van der Waals surface area contributed by atoms with E-state index in [1.807, 2.05) is 78.3 Å². The first kappa shape index (κ1) is 21.4. The minimum atomic E-state index is 0.304. The van der Waals surface area contributed by atoms with Gasteiger partial charge in [-0.1, -0.05) is 63.9 Å². The molecule has 0 spiro atoms. The summed E-state index contributed by atoms with van der Waals surface area (Å²) in [4.78, 5) is 4.58. The summed E-state index contributed by atoms with van der Waals surface area (Å²) in [6.07, 6.45) is 1.65. The summed E-state index contributed by atoms with van der Waals surface area (Å²) < 4.78 is 8.89. The van der Waals surface area contributed by atoms with Gasteiger partial charge in [0.15, 0.2) is 5.65 Å². The van der Waals surface area contributed by atoms with E-state index in [1.54, 1.807) is 6.21 Å². The fraction of sp³-hybridized carbons (Fsp3) is 0.0833. The summed E-state index contributed by atoms with van der Waals surface area (Å²) in [6.45, 7) is 0.348. The maximum atomic E-state index is 6.24. The minimum Gasteiger partial charge on any atom is -0.488 e. The average molecular weight is 522 g/mol. The van der Waals surface area contributed by atoms with Crippen LogP contribution in [-0.2, 0) is 13.7 Å². The van der Waals surface area contributed by atoms with Crippen molar-refractivity contribution in [1.82, 2.24) is 19.7 Å². The van der Waals surface area contributed by atoms with Gasteiger partial charge in [-0.15, -0.1) is 10.2 Å². The molecule has 2 aromatic heterocycles. The van der Waals surface area contributed by atoms with Crippen LogP contribution in [0.4, 0.5) is 5.95 Å². The summed E-state index contributed by atoms with van der Waals surface area (Å²) in [7, 11) is 1.95. The van der Waals surface area contributed by atoms with Gasteiger partial charge in [-0.05, 0) is 30.3 Å². The Morgan fingerprint density at radius 2 is 1.91 bits per heavy atom. The first-order chi connectivity index (χ1) is 16.1. The van der Waals surface area contributed by atoms with Crippen LogP contribution < -0.4 is 10.2 Å². The average Bonchev–Trinajstić information content (AvgIpc) is 3.11. The van der Waals surface area contributed by atoms with E-state index >= 15 is 0 Å². The molecule has 33 heavy (non-hydrogen) atoms. The van der Waals surface area contributed by atoms with Crippen LogP contribution in [0.1, 0.15) is 11.1 Å². The van der Waals surface area contributed by atoms with Gasteiger partial charge in [0.25, 0.3) is 5.95 Å². The number of hydrogen-bond donors (Lipinski definition) is 1. The number of rotatable bonds is 6. The van der Waals surface area contributed by atoms with E-state index in [-0.39, 0.29) is 0 Å². The molecule has 0 aliphatic heterocycles. The van der Waals surface area contributed by atoms with Crippen LogP contribution in [0.15, 0.2) is 76.3 Å². The van der Waals surface area contributed by atoms with Crippen LogP contribution in [0, 0.1) is 0 Å². The second kappa shape index (κ2) is 9.17. The Kier molecular flexibility index (Phi) is 5.93. The molecule has 7 nitrogen and oxygen atoms in total. The quantitative estimate of drug-likeness (QED) is 0.220. The van der Waals surface area contributed by atoms with Crippen molar-refractivity contribution in [2.45, 2.75) is 6.61 Å². The van der Waals surface area contributed by atoms with E-state index in [4.69, 9.17) is 16.3 Å². The van der Waals surface area contributed by atoms with Crippen LogP contribution in [0.25, 0.3) is 22.1 Å². The van der Waals surface area contributed by atoms with Crippen molar-refractivity contribution in [3.63, 3.8) is 0 Å². The molecule has 5 aromatic rings. The molecule has 0 saturated heterocycles. The number of ether oxygens (including phenoxy) is 1. The first-order valence-electron chi connectivity index (χ1n) is 10.1. The van der Waals surface area contributed by atoms with Gasteiger partial charge >= 0.3 is 0 Å². The highest BCUT2D eigenvalue weighted by Crippen LogP contribution is 2.26. The molecule has 2 heterocycles. The predicted molar refractivity (Wildman–Crippen MR) is 135 cm³/mol. The summed E-state index contributed by atoms with van der Waals surface area (Å²) >= 11 is 9.74. The van der Waals surface area contributed by atoms with Gasteiger partial charge in [-0.25, -0.2) is 5.43 Å². The van der Waals surface area contributed by atoms with Gasteiger partial charge in [0.05, 0.1) is 11.7 Å². The maximum absolute atomic E-state index is 6.24. The lowest BCUT2D eigenvalue weighted by atomic mass is 10.2. The number of hydrazone groups is 1. The van der Waals surface area contributed by atoms with E-state index in [9.17, 15) is 0 Å². The Morgan fingerprint density at radius 1 is 1.09 bits per heavy atom. The molecule has 3 aromatic carbocycles. The Morgan fingerprint density at radius 3 is 2.79 bits per heavy atom. The molecular formula is C24H18BrClN6O. The van der Waals surface area contributed by atoms with Crippen molar-refractivity contribution < 1.29 is 4.74 Å². The van der Waals surface area contributed by atoms with Crippen molar-refractivity contribution >= 4 is 61.8 Å². The highest BCUT2D eigenvalue weighted by atomic mass is 79.9. The zero-order valence-electron chi connectivity index (χ0n) is 17.5. The number of halogens is 2. The fourth-order valence-electron chi connectivity index (χ4n) is 3.54. The minimum absolute atomic E-state index is 0.304. The van der Waals surface area contributed by atoms with Crippen molar-refractivity contribution in [2.24, 2.45) is 12.1 Å². The van der Waals surface area contributed by atoms with Crippen LogP contribution in [0.3, 0.4) is 0 Å². The van der Waals surface area contributed by atoms with E-state index < -0.39 is 0 Å². The molecule has 0 amide bonds. The Balaban J connectivity index is 1.36. The third kappa shape index (κ3) is 4.40. The molecule has 0 radical (unpaired) electrons. The standard InChI is InChI=1S/C24H18BrClN6O/c1-32-20-9-5-3-7-18(20)22-23(32)28-24(31-29-22)30-27-13-16-12-17(25)10-11-21(16)33-14-15-6-2-4-8-19(15)26/h2-13H,14H2,1H3,(H,28,30,31)/b27-13+. The zero-order valence-corrected chi connectivity index (χ0v) is 19.9. The number of aromatic nitrogens is 4. The molecule has 0 unspecified atom stereocenters. The predicted octanol–water partition coefficient (Wildman–Crippen LogP) is 5.96. The van der Waals surface area contributed by atoms with E-state index in [0.717, 1.165) is 37.7 Å². The van der Waals surface area contributed by atoms with Crippen molar-refractivity contribution in [3.8, 4) is 5.75 Å². The molecule has 1 N–H and O–H groups in total.